The van der Waals surface area contributed by atoms with Crippen LogP contribution in [0.15, 0.2) is 23.0 Å². The van der Waals surface area contributed by atoms with Gasteiger partial charge in [0.25, 0.3) is 0 Å². The van der Waals surface area contributed by atoms with Crippen LogP contribution >= 0.6 is 0 Å². The molecule has 0 saturated carbocycles. The molecule has 0 radical (unpaired) electrons. The molecule has 3 rings (SSSR count). The molecular formula is C15H21N3O3. The molecule has 3 heterocycles. The van der Waals surface area contributed by atoms with Crippen LogP contribution in [-0.4, -0.2) is 54.8 Å². The van der Waals surface area contributed by atoms with Crippen LogP contribution in [-0.2, 0) is 16.1 Å². The molecule has 114 valence electrons. The molecule has 0 bridgehead atoms. The number of carbonyl (C=O) groups excluding carboxylic acids is 2. The average Bonchev–Trinajstić information content (AvgIpc) is 3.11. The molecule has 0 aromatic carbocycles. The summed E-state index contributed by atoms with van der Waals surface area (Å²) in [5, 5.41) is 3.32. The topological polar surface area (TPSA) is 65.8 Å². The highest BCUT2D eigenvalue weighted by Crippen LogP contribution is 2.40. The van der Waals surface area contributed by atoms with Crippen molar-refractivity contribution in [3.05, 3.63) is 24.2 Å². The summed E-state index contributed by atoms with van der Waals surface area (Å²) in [5.74, 6) is 0.372. The number of hydrogen-bond acceptors (Lipinski definition) is 4. The van der Waals surface area contributed by atoms with Gasteiger partial charge in [-0.15, -0.1) is 0 Å². The second kappa shape index (κ2) is 5.18. The number of nitrogens with one attached hydrogen (secondary N) is 1. The van der Waals surface area contributed by atoms with E-state index in [2.05, 4.69) is 5.32 Å². The number of likely N-dealkylation sites (tertiary alicyclic amines) is 1. The zero-order valence-corrected chi connectivity index (χ0v) is 12.5. The molecular weight excluding hydrogens is 270 g/mol. The molecule has 0 aliphatic carbocycles. The SMILES string of the molecule is CC(=O)N1C[C@H]2CNC[C@@]2(C(=O)N(C)Cc2ccoc2)C1. The smallest absolute Gasteiger partial charge is 0.232 e. The molecule has 1 N–H and O–H groups in total. The van der Waals surface area contributed by atoms with Gasteiger partial charge in [0.15, 0.2) is 0 Å². The minimum Gasteiger partial charge on any atom is -0.472 e. The molecule has 1 aromatic rings. The average molecular weight is 291 g/mol. The summed E-state index contributed by atoms with van der Waals surface area (Å²) in [6.45, 7) is 4.75. The van der Waals surface area contributed by atoms with Gasteiger partial charge in [-0.25, -0.2) is 0 Å². The van der Waals surface area contributed by atoms with Crippen molar-refractivity contribution < 1.29 is 14.0 Å². The third kappa shape index (κ3) is 2.33. The number of nitrogens with zero attached hydrogens (tertiary/aromatic N) is 2. The summed E-state index contributed by atoms with van der Waals surface area (Å²) >= 11 is 0. The highest BCUT2D eigenvalue weighted by molar-refractivity contribution is 5.86. The lowest BCUT2D eigenvalue weighted by atomic mass is 9.79. The predicted octanol–water partition coefficient (Wildman–Crippen LogP) is 0.306. The standard InChI is InChI=1S/C15H21N3O3/c1-11(19)18-7-13-5-16-9-15(13,10-18)14(20)17(2)6-12-3-4-21-8-12/h3-4,8,13,16H,5-7,9-10H2,1-2H3/t13-,15-/m1/s1. The normalized spacial score (nSPS) is 27.7. The molecule has 21 heavy (non-hydrogen) atoms. The van der Waals surface area contributed by atoms with Gasteiger partial charge < -0.3 is 19.5 Å². The fraction of sp³-hybridized carbons (Fsp3) is 0.600. The van der Waals surface area contributed by atoms with Gasteiger partial charge in [0.1, 0.15) is 0 Å². The van der Waals surface area contributed by atoms with Gasteiger partial charge in [-0.3, -0.25) is 9.59 Å². The van der Waals surface area contributed by atoms with Crippen molar-refractivity contribution in [2.45, 2.75) is 13.5 Å². The van der Waals surface area contributed by atoms with E-state index in [9.17, 15) is 9.59 Å². The zero-order valence-electron chi connectivity index (χ0n) is 12.5. The van der Waals surface area contributed by atoms with E-state index in [4.69, 9.17) is 4.42 Å². The maximum absolute atomic E-state index is 13.0. The van der Waals surface area contributed by atoms with E-state index < -0.39 is 5.41 Å². The Morgan fingerprint density at radius 1 is 1.57 bits per heavy atom. The number of amides is 2. The van der Waals surface area contributed by atoms with Crippen LogP contribution in [0.25, 0.3) is 0 Å². The molecule has 2 atom stereocenters. The fourth-order valence-electron chi connectivity index (χ4n) is 3.57. The first-order valence-corrected chi connectivity index (χ1v) is 7.26. The summed E-state index contributed by atoms with van der Waals surface area (Å²) in [6, 6.07) is 1.86. The van der Waals surface area contributed by atoms with Crippen LogP contribution in [0.2, 0.25) is 0 Å². The first-order chi connectivity index (χ1) is 10.0. The number of fused-ring (bicyclic) bond motifs is 1. The summed E-state index contributed by atoms with van der Waals surface area (Å²) in [6.07, 6.45) is 3.27. The first-order valence-electron chi connectivity index (χ1n) is 7.26. The largest absolute Gasteiger partial charge is 0.472 e. The minimum atomic E-state index is -0.468. The molecule has 2 fully saturated rings. The van der Waals surface area contributed by atoms with E-state index in [0.717, 1.165) is 12.1 Å². The van der Waals surface area contributed by atoms with E-state index in [1.165, 1.54) is 0 Å². The Labute approximate surface area is 124 Å². The second-order valence-corrected chi connectivity index (χ2v) is 6.18. The molecule has 1 aromatic heterocycles. The van der Waals surface area contributed by atoms with Crippen molar-refractivity contribution in [3.63, 3.8) is 0 Å². The van der Waals surface area contributed by atoms with Crippen molar-refractivity contribution in [1.29, 1.82) is 0 Å². The van der Waals surface area contributed by atoms with Gasteiger partial charge in [0.05, 0.1) is 17.9 Å². The Morgan fingerprint density at radius 2 is 2.38 bits per heavy atom. The van der Waals surface area contributed by atoms with E-state index in [1.807, 2.05) is 13.1 Å². The van der Waals surface area contributed by atoms with E-state index in [1.54, 1.807) is 29.2 Å². The Balaban J connectivity index is 1.77. The Bertz CT molecular complexity index is 542. The van der Waals surface area contributed by atoms with E-state index in [-0.39, 0.29) is 17.7 Å². The molecule has 6 heteroatoms. The third-order valence-electron chi connectivity index (χ3n) is 4.74. The van der Waals surface area contributed by atoms with Crippen LogP contribution in [0.5, 0.6) is 0 Å². The van der Waals surface area contributed by atoms with Crippen LogP contribution in [0, 0.1) is 11.3 Å². The van der Waals surface area contributed by atoms with Crippen molar-refractivity contribution in [2.75, 3.05) is 33.2 Å². The summed E-state index contributed by atoms with van der Waals surface area (Å²) in [7, 11) is 1.82. The summed E-state index contributed by atoms with van der Waals surface area (Å²) in [4.78, 5) is 28.1. The Hall–Kier alpha value is -1.82. The van der Waals surface area contributed by atoms with Gasteiger partial charge >= 0.3 is 0 Å². The van der Waals surface area contributed by atoms with Crippen molar-refractivity contribution >= 4 is 11.8 Å². The van der Waals surface area contributed by atoms with E-state index >= 15 is 0 Å². The molecule has 6 nitrogen and oxygen atoms in total. The quantitative estimate of drug-likeness (QED) is 0.870. The molecule has 2 saturated heterocycles. The lowest BCUT2D eigenvalue weighted by Gasteiger charge is -2.31. The number of carbonyl (C=O) groups is 2. The third-order valence-corrected chi connectivity index (χ3v) is 4.74. The lowest BCUT2D eigenvalue weighted by Crippen LogP contribution is -2.48. The minimum absolute atomic E-state index is 0.0501. The summed E-state index contributed by atoms with van der Waals surface area (Å²) in [5.41, 5.74) is 0.510. The monoisotopic (exact) mass is 291 g/mol. The highest BCUT2D eigenvalue weighted by Gasteiger charge is 2.56. The molecule has 2 amide bonds. The van der Waals surface area contributed by atoms with Crippen molar-refractivity contribution in [1.82, 2.24) is 15.1 Å². The maximum Gasteiger partial charge on any atom is 0.232 e. The first kappa shape index (κ1) is 14.1. The van der Waals surface area contributed by atoms with Gasteiger partial charge in [-0.2, -0.15) is 0 Å². The van der Waals surface area contributed by atoms with Crippen molar-refractivity contribution in [2.24, 2.45) is 11.3 Å². The predicted molar refractivity (Wildman–Crippen MR) is 76.2 cm³/mol. The molecule has 2 aliphatic heterocycles. The van der Waals surface area contributed by atoms with Gasteiger partial charge in [0.2, 0.25) is 11.8 Å². The van der Waals surface area contributed by atoms with Gasteiger partial charge in [0, 0.05) is 58.2 Å². The van der Waals surface area contributed by atoms with Crippen LogP contribution in [0.1, 0.15) is 12.5 Å². The van der Waals surface area contributed by atoms with E-state index in [0.29, 0.717) is 26.2 Å². The maximum atomic E-state index is 13.0. The van der Waals surface area contributed by atoms with Gasteiger partial charge in [-0.05, 0) is 6.07 Å². The number of rotatable bonds is 3. The Morgan fingerprint density at radius 3 is 3.05 bits per heavy atom. The lowest BCUT2D eigenvalue weighted by molar-refractivity contribution is -0.141. The highest BCUT2D eigenvalue weighted by atomic mass is 16.3. The molecule has 2 aliphatic rings. The van der Waals surface area contributed by atoms with Crippen molar-refractivity contribution in [3.8, 4) is 0 Å². The number of furan rings is 1. The second-order valence-electron chi connectivity index (χ2n) is 6.18. The number of hydrogen-bond donors (Lipinski definition) is 1. The van der Waals surface area contributed by atoms with Crippen LogP contribution in [0.4, 0.5) is 0 Å². The fourth-order valence-corrected chi connectivity index (χ4v) is 3.57. The molecule has 0 spiro atoms. The van der Waals surface area contributed by atoms with Crippen LogP contribution in [0.3, 0.4) is 0 Å². The molecule has 0 unspecified atom stereocenters. The van der Waals surface area contributed by atoms with Crippen LogP contribution < -0.4 is 5.32 Å². The van der Waals surface area contributed by atoms with Gasteiger partial charge in [-0.1, -0.05) is 0 Å². The zero-order chi connectivity index (χ0) is 15.0. The Kier molecular flexibility index (Phi) is 3.49. The summed E-state index contributed by atoms with van der Waals surface area (Å²) < 4.78 is 5.05.